The standard InChI is InChI=1S/C24H27N5O2/c1-16(17-9-11-25-12-10-17)26-22(30)15-29-23(31)20-13-18-7-5-6-8-19(18)28(20)14-21(27-29)24(2,3)4/h5-13,16H,14-15H2,1-4H3,(H,26,30)/t16-/m1/s1. The van der Waals surface area contributed by atoms with Gasteiger partial charge in [0.1, 0.15) is 12.2 Å². The summed E-state index contributed by atoms with van der Waals surface area (Å²) in [5.41, 5.74) is 3.06. The van der Waals surface area contributed by atoms with Crippen LogP contribution in [0.3, 0.4) is 0 Å². The molecule has 1 aliphatic rings. The zero-order valence-corrected chi connectivity index (χ0v) is 18.3. The number of hydrogen-bond donors (Lipinski definition) is 1. The molecule has 2 aromatic heterocycles. The maximum absolute atomic E-state index is 13.4. The van der Waals surface area contributed by atoms with Gasteiger partial charge in [0, 0.05) is 28.7 Å². The van der Waals surface area contributed by atoms with Gasteiger partial charge < -0.3 is 9.88 Å². The van der Waals surface area contributed by atoms with Crippen LogP contribution in [0.25, 0.3) is 10.9 Å². The van der Waals surface area contributed by atoms with Crippen molar-refractivity contribution in [2.45, 2.75) is 40.3 Å². The number of hydrogen-bond acceptors (Lipinski definition) is 4. The van der Waals surface area contributed by atoms with Gasteiger partial charge >= 0.3 is 0 Å². The Kier molecular flexibility index (Phi) is 5.35. The van der Waals surface area contributed by atoms with Crippen molar-refractivity contribution in [3.8, 4) is 0 Å². The highest BCUT2D eigenvalue weighted by molar-refractivity contribution is 6.03. The monoisotopic (exact) mass is 417 g/mol. The zero-order chi connectivity index (χ0) is 22.2. The first-order valence-electron chi connectivity index (χ1n) is 10.4. The molecule has 0 bridgehead atoms. The third kappa shape index (κ3) is 4.21. The second kappa shape index (κ2) is 7.98. The number of para-hydroxylation sites is 1. The van der Waals surface area contributed by atoms with E-state index in [9.17, 15) is 9.59 Å². The first-order chi connectivity index (χ1) is 14.7. The Balaban J connectivity index is 1.64. The SMILES string of the molecule is C[C@@H](NC(=O)CN1N=C(C(C)(C)C)Cn2c(cc3ccccc32)C1=O)c1ccncc1. The summed E-state index contributed by atoms with van der Waals surface area (Å²) in [4.78, 5) is 30.2. The van der Waals surface area contributed by atoms with Crippen molar-refractivity contribution >= 4 is 28.4 Å². The maximum Gasteiger partial charge on any atom is 0.291 e. The molecule has 2 amide bonds. The summed E-state index contributed by atoms with van der Waals surface area (Å²) in [5, 5.41) is 9.90. The minimum absolute atomic E-state index is 0.143. The Hall–Kier alpha value is -3.48. The lowest BCUT2D eigenvalue weighted by Crippen LogP contribution is -2.39. The number of hydrazone groups is 1. The molecule has 1 N–H and O–H groups in total. The normalized spacial score (nSPS) is 15.3. The molecule has 1 aliphatic heterocycles. The van der Waals surface area contributed by atoms with E-state index in [4.69, 9.17) is 0 Å². The molecule has 3 aromatic rings. The fraction of sp³-hybridized carbons (Fsp3) is 0.333. The number of nitrogens with one attached hydrogen (secondary N) is 1. The van der Waals surface area contributed by atoms with Crippen LogP contribution in [0, 0.1) is 5.41 Å². The molecule has 0 spiro atoms. The number of carbonyl (C=O) groups is 2. The lowest BCUT2D eigenvalue weighted by molar-refractivity contribution is -0.122. The van der Waals surface area contributed by atoms with Crippen LogP contribution in [0.2, 0.25) is 0 Å². The molecule has 0 saturated carbocycles. The molecule has 7 heteroatoms. The topological polar surface area (TPSA) is 79.6 Å². The Morgan fingerprint density at radius 2 is 1.87 bits per heavy atom. The van der Waals surface area contributed by atoms with Crippen LogP contribution in [0.4, 0.5) is 0 Å². The second-order valence-corrected chi connectivity index (χ2v) is 8.90. The van der Waals surface area contributed by atoms with E-state index in [0.717, 1.165) is 22.2 Å². The van der Waals surface area contributed by atoms with Crippen LogP contribution >= 0.6 is 0 Å². The first-order valence-corrected chi connectivity index (χ1v) is 10.4. The number of carbonyl (C=O) groups excluding carboxylic acids is 2. The summed E-state index contributed by atoms with van der Waals surface area (Å²) >= 11 is 0. The molecule has 4 rings (SSSR count). The zero-order valence-electron chi connectivity index (χ0n) is 18.3. The average Bonchev–Trinajstić information content (AvgIpc) is 3.04. The molecule has 1 atom stereocenters. The van der Waals surface area contributed by atoms with Crippen molar-refractivity contribution in [1.29, 1.82) is 0 Å². The van der Waals surface area contributed by atoms with Gasteiger partial charge in [-0.2, -0.15) is 5.10 Å². The van der Waals surface area contributed by atoms with E-state index in [2.05, 4.69) is 36.2 Å². The molecule has 160 valence electrons. The van der Waals surface area contributed by atoms with Gasteiger partial charge in [0.25, 0.3) is 5.91 Å². The third-order valence-corrected chi connectivity index (χ3v) is 5.56. The first kappa shape index (κ1) is 20.8. The fourth-order valence-electron chi connectivity index (χ4n) is 3.72. The Morgan fingerprint density at radius 3 is 2.58 bits per heavy atom. The summed E-state index contributed by atoms with van der Waals surface area (Å²) in [6, 6.07) is 13.3. The number of fused-ring (bicyclic) bond motifs is 3. The molecule has 0 aliphatic carbocycles. The summed E-state index contributed by atoms with van der Waals surface area (Å²) in [6.45, 7) is 8.46. The van der Waals surface area contributed by atoms with Crippen LogP contribution in [0.5, 0.6) is 0 Å². The predicted octanol–water partition coefficient (Wildman–Crippen LogP) is 3.77. The average molecular weight is 418 g/mol. The van der Waals surface area contributed by atoms with Crippen LogP contribution < -0.4 is 5.32 Å². The van der Waals surface area contributed by atoms with Crippen molar-refractivity contribution in [3.63, 3.8) is 0 Å². The van der Waals surface area contributed by atoms with E-state index in [1.807, 2.05) is 54.0 Å². The number of rotatable bonds is 4. The van der Waals surface area contributed by atoms with Crippen LogP contribution in [-0.2, 0) is 11.3 Å². The minimum Gasteiger partial charge on any atom is -0.348 e. The molecule has 1 aromatic carbocycles. The van der Waals surface area contributed by atoms with Gasteiger partial charge in [0.05, 0.1) is 18.3 Å². The van der Waals surface area contributed by atoms with Crippen molar-refractivity contribution in [3.05, 3.63) is 66.1 Å². The van der Waals surface area contributed by atoms with Crippen molar-refractivity contribution in [2.75, 3.05) is 6.54 Å². The number of nitrogens with zero attached hydrogens (tertiary/aromatic N) is 4. The summed E-state index contributed by atoms with van der Waals surface area (Å²) < 4.78 is 2.00. The molecule has 3 heterocycles. The summed E-state index contributed by atoms with van der Waals surface area (Å²) in [6.07, 6.45) is 3.38. The van der Waals surface area contributed by atoms with Crippen LogP contribution in [0.15, 0.2) is 60.0 Å². The van der Waals surface area contributed by atoms with Gasteiger partial charge in [-0.25, -0.2) is 5.01 Å². The largest absolute Gasteiger partial charge is 0.348 e. The number of aromatic nitrogens is 2. The van der Waals surface area contributed by atoms with Crippen LogP contribution in [0.1, 0.15) is 49.8 Å². The fourth-order valence-corrected chi connectivity index (χ4v) is 3.72. The van der Waals surface area contributed by atoms with E-state index in [-0.39, 0.29) is 29.8 Å². The summed E-state index contributed by atoms with van der Waals surface area (Å²) in [7, 11) is 0. The number of amides is 2. The Bertz CT molecular complexity index is 1160. The van der Waals surface area contributed by atoms with Gasteiger partial charge in [-0.3, -0.25) is 14.6 Å². The maximum atomic E-state index is 13.4. The number of pyridine rings is 1. The highest BCUT2D eigenvalue weighted by atomic mass is 16.2. The Labute approximate surface area is 181 Å². The van der Waals surface area contributed by atoms with Gasteiger partial charge in [0.15, 0.2) is 0 Å². The van der Waals surface area contributed by atoms with Crippen molar-refractivity contribution in [1.82, 2.24) is 19.9 Å². The van der Waals surface area contributed by atoms with Crippen LogP contribution in [-0.4, -0.2) is 38.6 Å². The highest BCUT2D eigenvalue weighted by Crippen LogP contribution is 2.27. The highest BCUT2D eigenvalue weighted by Gasteiger charge is 2.31. The van der Waals surface area contributed by atoms with Gasteiger partial charge in [-0.05, 0) is 36.8 Å². The number of benzene rings is 1. The van der Waals surface area contributed by atoms with E-state index >= 15 is 0 Å². The van der Waals surface area contributed by atoms with E-state index < -0.39 is 0 Å². The molecule has 0 fully saturated rings. The lowest BCUT2D eigenvalue weighted by atomic mass is 9.90. The van der Waals surface area contributed by atoms with E-state index in [1.54, 1.807) is 12.4 Å². The molecular formula is C24H27N5O2. The molecule has 31 heavy (non-hydrogen) atoms. The predicted molar refractivity (Wildman–Crippen MR) is 121 cm³/mol. The van der Waals surface area contributed by atoms with Gasteiger partial charge in [-0.1, -0.05) is 39.0 Å². The molecule has 0 radical (unpaired) electrons. The Morgan fingerprint density at radius 1 is 1.16 bits per heavy atom. The second-order valence-electron chi connectivity index (χ2n) is 8.90. The van der Waals surface area contributed by atoms with Gasteiger partial charge in [-0.15, -0.1) is 0 Å². The third-order valence-electron chi connectivity index (χ3n) is 5.56. The van der Waals surface area contributed by atoms with Crippen molar-refractivity contribution in [2.24, 2.45) is 10.5 Å². The molecule has 0 saturated heterocycles. The molecular weight excluding hydrogens is 390 g/mol. The van der Waals surface area contributed by atoms with Gasteiger partial charge in [0.2, 0.25) is 5.91 Å². The summed E-state index contributed by atoms with van der Waals surface area (Å²) in [5.74, 6) is -0.540. The van der Waals surface area contributed by atoms with E-state index in [0.29, 0.717) is 12.2 Å². The quantitative estimate of drug-likeness (QED) is 0.702. The van der Waals surface area contributed by atoms with E-state index in [1.165, 1.54) is 5.01 Å². The lowest BCUT2D eigenvalue weighted by Gasteiger charge is -2.23. The van der Waals surface area contributed by atoms with Crippen molar-refractivity contribution < 1.29 is 9.59 Å². The molecule has 0 unspecified atom stereocenters. The molecule has 7 nitrogen and oxygen atoms in total. The minimum atomic E-state index is -0.276. The smallest absolute Gasteiger partial charge is 0.291 e.